The van der Waals surface area contributed by atoms with E-state index in [0.717, 1.165) is 23.4 Å². The lowest BCUT2D eigenvalue weighted by molar-refractivity contribution is -0.131. The molecule has 152 valence electrons. The number of likely N-dealkylation sites (N-methyl/N-ethyl adjacent to an activating group) is 1. The number of hydrogen-bond acceptors (Lipinski definition) is 5. The standard InChI is InChI=1S/C22H26N4O2S/c1-25-21(28)18(15-16-7-4-3-5-8-16)24-22(25)10-13-26(14-11-22)20(27)17-9-6-12-23-19(17)29-2/h3-9,12,18,24H,10-11,13-15H2,1-2H3. The molecule has 1 aromatic heterocycles. The Balaban J connectivity index is 1.44. The van der Waals surface area contributed by atoms with E-state index in [0.29, 0.717) is 25.1 Å². The number of piperidine rings is 1. The number of thioether (sulfide) groups is 1. The molecule has 1 spiro atoms. The number of carbonyl (C=O) groups is 2. The molecule has 2 fully saturated rings. The zero-order valence-corrected chi connectivity index (χ0v) is 17.6. The summed E-state index contributed by atoms with van der Waals surface area (Å²) in [5.74, 6) is 0.149. The molecule has 0 bridgehead atoms. The molecule has 2 saturated heterocycles. The maximum absolute atomic E-state index is 13.0. The van der Waals surface area contributed by atoms with Gasteiger partial charge < -0.3 is 9.80 Å². The van der Waals surface area contributed by atoms with Crippen molar-refractivity contribution >= 4 is 23.6 Å². The van der Waals surface area contributed by atoms with Gasteiger partial charge in [-0.1, -0.05) is 30.3 Å². The Kier molecular flexibility index (Phi) is 5.61. The molecule has 6 nitrogen and oxygen atoms in total. The first-order chi connectivity index (χ1) is 14.0. The molecule has 2 amide bonds. The first-order valence-electron chi connectivity index (χ1n) is 9.92. The fraction of sp³-hybridized carbons (Fsp3) is 0.409. The van der Waals surface area contributed by atoms with Crippen molar-refractivity contribution in [1.29, 1.82) is 0 Å². The lowest BCUT2D eigenvalue weighted by Gasteiger charge is -2.43. The zero-order chi connectivity index (χ0) is 20.4. The number of hydrogen-bond donors (Lipinski definition) is 1. The fourth-order valence-electron chi connectivity index (χ4n) is 4.36. The largest absolute Gasteiger partial charge is 0.338 e. The molecule has 4 rings (SSSR count). The number of rotatable bonds is 4. The maximum atomic E-state index is 13.0. The number of carbonyl (C=O) groups excluding carboxylic acids is 2. The van der Waals surface area contributed by atoms with Gasteiger partial charge in [-0.2, -0.15) is 0 Å². The van der Waals surface area contributed by atoms with Crippen LogP contribution >= 0.6 is 11.8 Å². The average Bonchev–Trinajstić information content (AvgIpc) is 2.99. The van der Waals surface area contributed by atoms with Crippen LogP contribution < -0.4 is 5.32 Å². The predicted molar refractivity (Wildman–Crippen MR) is 114 cm³/mol. The van der Waals surface area contributed by atoms with Crippen molar-refractivity contribution in [2.75, 3.05) is 26.4 Å². The molecule has 2 aliphatic heterocycles. The number of benzene rings is 1. The summed E-state index contributed by atoms with van der Waals surface area (Å²) < 4.78 is 0. The molecule has 29 heavy (non-hydrogen) atoms. The van der Waals surface area contributed by atoms with Crippen LogP contribution in [0.3, 0.4) is 0 Å². The van der Waals surface area contributed by atoms with Gasteiger partial charge in [-0.15, -0.1) is 11.8 Å². The van der Waals surface area contributed by atoms with E-state index in [9.17, 15) is 9.59 Å². The van der Waals surface area contributed by atoms with Gasteiger partial charge >= 0.3 is 0 Å². The van der Waals surface area contributed by atoms with E-state index >= 15 is 0 Å². The van der Waals surface area contributed by atoms with Crippen molar-refractivity contribution in [2.24, 2.45) is 0 Å². The molecule has 1 aromatic carbocycles. The molecule has 0 aliphatic carbocycles. The Morgan fingerprint density at radius 3 is 2.62 bits per heavy atom. The van der Waals surface area contributed by atoms with Crippen LogP contribution in [0.25, 0.3) is 0 Å². The molecule has 2 aromatic rings. The Labute approximate surface area is 175 Å². The van der Waals surface area contributed by atoms with Crippen LogP contribution in [0.15, 0.2) is 53.7 Å². The molecule has 3 heterocycles. The highest BCUT2D eigenvalue weighted by atomic mass is 32.2. The SMILES string of the molecule is CSc1ncccc1C(=O)N1CCC2(CC1)NC(Cc1ccccc1)C(=O)N2C. The molecule has 2 aliphatic rings. The molecule has 1 N–H and O–H groups in total. The minimum Gasteiger partial charge on any atom is -0.338 e. The summed E-state index contributed by atoms with van der Waals surface area (Å²) >= 11 is 1.48. The monoisotopic (exact) mass is 410 g/mol. The second-order valence-electron chi connectivity index (χ2n) is 7.67. The third-order valence-corrected chi connectivity index (χ3v) is 6.78. The van der Waals surface area contributed by atoms with Gasteiger partial charge in [-0.3, -0.25) is 14.9 Å². The molecule has 1 unspecified atom stereocenters. The van der Waals surface area contributed by atoms with Gasteiger partial charge in [0.05, 0.1) is 17.3 Å². The second-order valence-corrected chi connectivity index (χ2v) is 8.46. The van der Waals surface area contributed by atoms with Crippen molar-refractivity contribution in [3.05, 3.63) is 59.8 Å². The van der Waals surface area contributed by atoms with Gasteiger partial charge in [0.2, 0.25) is 5.91 Å². The van der Waals surface area contributed by atoms with Crippen molar-refractivity contribution in [1.82, 2.24) is 20.1 Å². The third-order valence-electron chi connectivity index (χ3n) is 6.07. The summed E-state index contributed by atoms with van der Waals surface area (Å²) in [6, 6.07) is 13.5. The van der Waals surface area contributed by atoms with E-state index < -0.39 is 0 Å². The van der Waals surface area contributed by atoms with Crippen LogP contribution in [0.2, 0.25) is 0 Å². The highest BCUT2D eigenvalue weighted by Crippen LogP contribution is 2.33. The van der Waals surface area contributed by atoms with Crippen LogP contribution in [0.5, 0.6) is 0 Å². The van der Waals surface area contributed by atoms with E-state index in [1.165, 1.54) is 11.8 Å². The summed E-state index contributed by atoms with van der Waals surface area (Å²) in [5, 5.41) is 4.35. The lowest BCUT2D eigenvalue weighted by Crippen LogP contribution is -2.58. The number of pyridine rings is 1. The van der Waals surface area contributed by atoms with Crippen LogP contribution in [0.1, 0.15) is 28.8 Å². The third kappa shape index (κ3) is 3.76. The average molecular weight is 411 g/mol. The molecule has 7 heteroatoms. The van der Waals surface area contributed by atoms with Crippen molar-refractivity contribution in [2.45, 2.75) is 36.0 Å². The first kappa shape index (κ1) is 19.9. The van der Waals surface area contributed by atoms with Crippen LogP contribution in [-0.2, 0) is 11.2 Å². The Bertz CT molecular complexity index is 897. The Hall–Kier alpha value is -2.38. The van der Waals surface area contributed by atoms with Gasteiger partial charge in [0, 0.05) is 39.2 Å². The van der Waals surface area contributed by atoms with E-state index in [4.69, 9.17) is 0 Å². The van der Waals surface area contributed by atoms with Gasteiger partial charge in [0.1, 0.15) is 5.03 Å². The maximum Gasteiger partial charge on any atom is 0.256 e. The fourth-order valence-corrected chi connectivity index (χ4v) is 4.90. The first-order valence-corrected chi connectivity index (χ1v) is 11.1. The van der Waals surface area contributed by atoms with Crippen molar-refractivity contribution in [3.8, 4) is 0 Å². The molecule has 1 atom stereocenters. The summed E-state index contributed by atoms with van der Waals surface area (Å²) in [6.45, 7) is 1.23. The minimum atomic E-state index is -0.370. The molecular weight excluding hydrogens is 384 g/mol. The van der Waals surface area contributed by atoms with Gasteiger partial charge in [0.15, 0.2) is 0 Å². The summed E-state index contributed by atoms with van der Waals surface area (Å²) in [4.78, 5) is 33.9. The highest BCUT2D eigenvalue weighted by molar-refractivity contribution is 7.98. The molecule has 0 saturated carbocycles. The lowest BCUT2D eigenvalue weighted by atomic mass is 9.95. The van der Waals surface area contributed by atoms with Crippen LogP contribution in [0, 0.1) is 0 Å². The number of amides is 2. The quantitative estimate of drug-likeness (QED) is 0.784. The molecule has 0 radical (unpaired) electrons. The number of nitrogens with zero attached hydrogens (tertiary/aromatic N) is 3. The van der Waals surface area contributed by atoms with Crippen LogP contribution in [-0.4, -0.2) is 64.7 Å². The predicted octanol–water partition coefficient (Wildman–Crippen LogP) is 2.41. The number of aromatic nitrogens is 1. The van der Waals surface area contributed by atoms with E-state index in [2.05, 4.69) is 22.4 Å². The smallest absolute Gasteiger partial charge is 0.256 e. The topological polar surface area (TPSA) is 65.5 Å². The summed E-state index contributed by atoms with van der Waals surface area (Å²) in [7, 11) is 1.88. The number of nitrogens with one attached hydrogen (secondary N) is 1. The normalized spacial score (nSPS) is 21.0. The van der Waals surface area contributed by atoms with Crippen molar-refractivity contribution in [3.63, 3.8) is 0 Å². The molecular formula is C22H26N4O2S. The minimum absolute atomic E-state index is 0.0186. The number of likely N-dealkylation sites (tertiary alicyclic amines) is 1. The van der Waals surface area contributed by atoms with Gasteiger partial charge in [-0.25, -0.2) is 4.98 Å². The zero-order valence-electron chi connectivity index (χ0n) is 16.8. The van der Waals surface area contributed by atoms with Crippen LogP contribution in [0.4, 0.5) is 0 Å². The van der Waals surface area contributed by atoms with Gasteiger partial charge in [0.25, 0.3) is 5.91 Å². The van der Waals surface area contributed by atoms with E-state index in [1.807, 2.05) is 47.4 Å². The van der Waals surface area contributed by atoms with Crippen molar-refractivity contribution < 1.29 is 9.59 Å². The Morgan fingerprint density at radius 2 is 1.93 bits per heavy atom. The Morgan fingerprint density at radius 1 is 1.21 bits per heavy atom. The van der Waals surface area contributed by atoms with E-state index in [1.54, 1.807) is 12.3 Å². The van der Waals surface area contributed by atoms with Gasteiger partial charge in [-0.05, 0) is 30.4 Å². The van der Waals surface area contributed by atoms with E-state index in [-0.39, 0.29) is 23.5 Å². The summed E-state index contributed by atoms with van der Waals surface area (Å²) in [6.07, 6.45) is 5.77. The second kappa shape index (κ2) is 8.16. The highest BCUT2D eigenvalue weighted by Gasteiger charge is 2.50. The summed E-state index contributed by atoms with van der Waals surface area (Å²) in [5.41, 5.74) is 1.43.